The molecule has 5 heteroatoms. The second-order valence-electron chi connectivity index (χ2n) is 8.77. The van der Waals surface area contributed by atoms with E-state index < -0.39 is 0 Å². The van der Waals surface area contributed by atoms with E-state index >= 15 is 0 Å². The number of carbonyl (C=O) groups is 1. The van der Waals surface area contributed by atoms with Gasteiger partial charge in [0.1, 0.15) is 5.82 Å². The molecule has 0 aliphatic carbocycles. The summed E-state index contributed by atoms with van der Waals surface area (Å²) in [5.41, 5.74) is 6.88. The van der Waals surface area contributed by atoms with E-state index in [-0.39, 0.29) is 11.9 Å². The number of aromatic nitrogens is 2. The second-order valence-corrected chi connectivity index (χ2v) is 8.77. The number of carbonyl (C=O) groups excluding carboxylic acids is 1. The molecule has 5 nitrogen and oxygen atoms in total. The third-order valence-electron chi connectivity index (χ3n) is 5.84. The number of amides is 1. The Morgan fingerprint density at radius 1 is 1.14 bits per heavy atom. The summed E-state index contributed by atoms with van der Waals surface area (Å²) in [7, 11) is 0. The van der Waals surface area contributed by atoms with E-state index in [0.29, 0.717) is 12.3 Å². The summed E-state index contributed by atoms with van der Waals surface area (Å²) in [6, 6.07) is 6.88. The zero-order chi connectivity index (χ0) is 21.1. The lowest BCUT2D eigenvalue weighted by Crippen LogP contribution is -2.32. The Labute approximate surface area is 175 Å². The van der Waals surface area contributed by atoms with Crippen molar-refractivity contribution in [3.05, 3.63) is 57.7 Å². The molecule has 1 aromatic carbocycles. The molecule has 29 heavy (non-hydrogen) atoms. The van der Waals surface area contributed by atoms with Crippen molar-refractivity contribution in [3.63, 3.8) is 0 Å². The monoisotopic (exact) mass is 394 g/mol. The van der Waals surface area contributed by atoms with E-state index in [1.54, 1.807) is 0 Å². The van der Waals surface area contributed by atoms with E-state index in [2.05, 4.69) is 42.3 Å². The van der Waals surface area contributed by atoms with Crippen LogP contribution in [0.3, 0.4) is 0 Å². The maximum atomic E-state index is 12.2. The first-order chi connectivity index (χ1) is 13.7. The van der Waals surface area contributed by atoms with Crippen molar-refractivity contribution in [1.82, 2.24) is 20.2 Å². The molecule has 0 saturated carbocycles. The Balaban J connectivity index is 1.66. The third kappa shape index (κ3) is 5.41. The smallest absolute Gasteiger partial charge is 0.224 e. The number of rotatable bonds is 6. The SMILES string of the molecule is Cc1ccc(CN2CC[C@H](c3nc(C)c(CC(=O)NC(C)C)c(C)n3)C2)cc1C. The van der Waals surface area contributed by atoms with Gasteiger partial charge in [0.25, 0.3) is 0 Å². The van der Waals surface area contributed by atoms with Gasteiger partial charge in [0.05, 0.1) is 6.42 Å². The average Bonchev–Trinajstić information content (AvgIpc) is 3.09. The molecule has 3 rings (SSSR count). The lowest BCUT2D eigenvalue weighted by Gasteiger charge is -2.18. The van der Waals surface area contributed by atoms with Gasteiger partial charge in [0.2, 0.25) is 5.91 Å². The van der Waals surface area contributed by atoms with E-state index in [9.17, 15) is 4.79 Å². The number of benzene rings is 1. The normalized spacial score (nSPS) is 17.1. The van der Waals surface area contributed by atoms with Crippen LogP contribution in [0.1, 0.15) is 65.7 Å². The minimum absolute atomic E-state index is 0.0305. The fraction of sp³-hybridized carbons (Fsp3) is 0.542. The number of nitrogens with zero attached hydrogens (tertiary/aromatic N) is 3. The van der Waals surface area contributed by atoms with Crippen LogP contribution in [-0.2, 0) is 17.8 Å². The zero-order valence-corrected chi connectivity index (χ0v) is 18.7. The first kappa shape index (κ1) is 21.4. The van der Waals surface area contributed by atoms with Gasteiger partial charge in [0.15, 0.2) is 0 Å². The first-order valence-electron chi connectivity index (χ1n) is 10.6. The Bertz CT molecular complexity index is 867. The standard InChI is InChI=1S/C24H34N4O/c1-15(2)25-23(29)12-22-18(5)26-24(27-19(22)6)21-9-10-28(14-21)13-20-8-7-16(3)17(4)11-20/h7-8,11,15,21H,9-10,12-14H2,1-6H3,(H,25,29)/t21-/m0/s1. The Morgan fingerprint density at radius 3 is 2.45 bits per heavy atom. The molecular weight excluding hydrogens is 360 g/mol. The lowest BCUT2D eigenvalue weighted by molar-refractivity contribution is -0.120. The maximum Gasteiger partial charge on any atom is 0.224 e. The summed E-state index contributed by atoms with van der Waals surface area (Å²) < 4.78 is 0. The quantitative estimate of drug-likeness (QED) is 0.810. The van der Waals surface area contributed by atoms with Gasteiger partial charge in [-0.1, -0.05) is 18.2 Å². The largest absolute Gasteiger partial charge is 0.354 e. The fourth-order valence-electron chi connectivity index (χ4n) is 4.08. The molecule has 0 spiro atoms. The molecule has 156 valence electrons. The summed E-state index contributed by atoms with van der Waals surface area (Å²) in [4.78, 5) is 24.2. The van der Waals surface area contributed by atoms with Crippen molar-refractivity contribution in [1.29, 1.82) is 0 Å². The highest BCUT2D eigenvalue weighted by Gasteiger charge is 2.27. The van der Waals surface area contributed by atoms with E-state index in [0.717, 1.165) is 48.8 Å². The molecule has 0 unspecified atom stereocenters. The predicted molar refractivity (Wildman–Crippen MR) is 117 cm³/mol. The molecule has 1 atom stereocenters. The van der Waals surface area contributed by atoms with E-state index in [4.69, 9.17) is 9.97 Å². The third-order valence-corrected chi connectivity index (χ3v) is 5.84. The molecule has 1 fully saturated rings. The van der Waals surface area contributed by atoms with Crippen LogP contribution in [0.4, 0.5) is 0 Å². The van der Waals surface area contributed by atoms with Crippen LogP contribution in [0.2, 0.25) is 0 Å². The molecule has 1 N–H and O–H groups in total. The van der Waals surface area contributed by atoms with Crippen LogP contribution in [0.5, 0.6) is 0 Å². The highest BCUT2D eigenvalue weighted by molar-refractivity contribution is 5.79. The Morgan fingerprint density at radius 2 is 1.83 bits per heavy atom. The lowest BCUT2D eigenvalue weighted by atomic mass is 10.0. The highest BCUT2D eigenvalue weighted by atomic mass is 16.1. The van der Waals surface area contributed by atoms with Crippen molar-refractivity contribution < 1.29 is 4.79 Å². The van der Waals surface area contributed by atoms with E-state index in [1.807, 2.05) is 27.7 Å². The average molecular weight is 395 g/mol. The first-order valence-corrected chi connectivity index (χ1v) is 10.6. The summed E-state index contributed by atoms with van der Waals surface area (Å²) in [6.07, 6.45) is 1.43. The minimum atomic E-state index is 0.0305. The molecule has 1 aromatic heterocycles. The van der Waals surface area contributed by atoms with Crippen molar-refractivity contribution in [2.24, 2.45) is 0 Å². The Kier molecular flexibility index (Phi) is 6.68. The van der Waals surface area contributed by atoms with Gasteiger partial charge in [-0.3, -0.25) is 9.69 Å². The van der Waals surface area contributed by atoms with Crippen LogP contribution < -0.4 is 5.32 Å². The molecule has 2 aromatic rings. The minimum Gasteiger partial charge on any atom is -0.354 e. The summed E-state index contributed by atoms with van der Waals surface area (Å²) in [5.74, 6) is 1.32. The van der Waals surface area contributed by atoms with Gasteiger partial charge in [-0.05, 0) is 71.2 Å². The summed E-state index contributed by atoms with van der Waals surface area (Å²) in [5, 5.41) is 2.95. The van der Waals surface area contributed by atoms with Crippen LogP contribution in [0, 0.1) is 27.7 Å². The molecule has 1 aliphatic heterocycles. The van der Waals surface area contributed by atoms with Gasteiger partial charge < -0.3 is 5.32 Å². The molecule has 2 heterocycles. The highest BCUT2D eigenvalue weighted by Crippen LogP contribution is 2.27. The summed E-state index contributed by atoms with van der Waals surface area (Å²) >= 11 is 0. The van der Waals surface area contributed by atoms with Crippen molar-refractivity contribution >= 4 is 5.91 Å². The van der Waals surface area contributed by atoms with Gasteiger partial charge >= 0.3 is 0 Å². The van der Waals surface area contributed by atoms with Crippen molar-refractivity contribution in [2.45, 2.75) is 72.9 Å². The maximum absolute atomic E-state index is 12.2. The zero-order valence-electron chi connectivity index (χ0n) is 18.7. The van der Waals surface area contributed by atoms with Crippen LogP contribution >= 0.6 is 0 Å². The number of nitrogens with one attached hydrogen (secondary N) is 1. The molecule has 0 radical (unpaired) electrons. The molecular formula is C24H34N4O. The van der Waals surface area contributed by atoms with Crippen LogP contribution in [-0.4, -0.2) is 39.9 Å². The van der Waals surface area contributed by atoms with Gasteiger partial charge in [-0.15, -0.1) is 0 Å². The van der Waals surface area contributed by atoms with E-state index in [1.165, 1.54) is 16.7 Å². The molecule has 1 saturated heterocycles. The number of hydrogen-bond acceptors (Lipinski definition) is 4. The van der Waals surface area contributed by atoms with Crippen LogP contribution in [0.25, 0.3) is 0 Å². The number of aryl methyl sites for hydroxylation is 4. The van der Waals surface area contributed by atoms with Crippen molar-refractivity contribution in [2.75, 3.05) is 13.1 Å². The van der Waals surface area contributed by atoms with Crippen LogP contribution in [0.15, 0.2) is 18.2 Å². The predicted octanol–water partition coefficient (Wildman–Crippen LogP) is 3.77. The van der Waals surface area contributed by atoms with Gasteiger partial charge in [-0.2, -0.15) is 0 Å². The second kappa shape index (κ2) is 9.04. The number of hydrogen-bond donors (Lipinski definition) is 1. The van der Waals surface area contributed by atoms with Gasteiger partial charge in [-0.25, -0.2) is 9.97 Å². The van der Waals surface area contributed by atoms with Gasteiger partial charge in [0, 0.05) is 42.0 Å². The Hall–Kier alpha value is -2.27. The fourth-order valence-corrected chi connectivity index (χ4v) is 4.08. The number of likely N-dealkylation sites (tertiary alicyclic amines) is 1. The molecule has 0 bridgehead atoms. The molecule has 1 amide bonds. The summed E-state index contributed by atoms with van der Waals surface area (Å²) in [6.45, 7) is 15.3. The molecule has 1 aliphatic rings. The topological polar surface area (TPSA) is 58.1 Å². The van der Waals surface area contributed by atoms with Crippen molar-refractivity contribution in [3.8, 4) is 0 Å².